The third-order valence-corrected chi connectivity index (χ3v) is 6.20. The van der Waals surface area contributed by atoms with Crippen molar-refractivity contribution >= 4 is 27.5 Å². The van der Waals surface area contributed by atoms with Crippen LogP contribution in [0.4, 0.5) is 5.69 Å². The average Bonchev–Trinajstić information content (AvgIpc) is 2.74. The summed E-state index contributed by atoms with van der Waals surface area (Å²) in [6, 6.07) is 13.5. The summed E-state index contributed by atoms with van der Waals surface area (Å²) in [6.45, 7) is 6.83. The Morgan fingerprint density at radius 1 is 1.06 bits per heavy atom. The zero-order valence-electron chi connectivity index (χ0n) is 20.0. The molecule has 0 aromatic heterocycles. The number of nitrogens with one attached hydrogen (secondary N) is 1. The topological polar surface area (TPSA) is 96.0 Å². The van der Waals surface area contributed by atoms with Crippen molar-refractivity contribution in [1.29, 1.82) is 0 Å². The minimum Gasteiger partial charge on any atom is -0.495 e. The van der Waals surface area contributed by atoms with Gasteiger partial charge in [0.1, 0.15) is 18.3 Å². The maximum absolute atomic E-state index is 13.5. The Kier molecular flexibility index (Phi) is 8.87. The Hall–Kier alpha value is -3.07. The van der Waals surface area contributed by atoms with Crippen molar-refractivity contribution in [3.05, 3.63) is 59.7 Å². The summed E-state index contributed by atoms with van der Waals surface area (Å²) in [6.07, 6.45) is 1.04. The molecule has 0 heterocycles. The summed E-state index contributed by atoms with van der Waals surface area (Å²) in [5.41, 5.74) is 1.92. The largest absolute Gasteiger partial charge is 0.495 e. The van der Waals surface area contributed by atoms with Gasteiger partial charge in [0.2, 0.25) is 21.8 Å². The second-order valence-corrected chi connectivity index (χ2v) is 10.2. The molecule has 2 amide bonds. The van der Waals surface area contributed by atoms with Crippen molar-refractivity contribution in [2.45, 2.75) is 46.3 Å². The monoisotopic (exact) mass is 475 g/mol. The molecule has 2 aromatic carbocycles. The summed E-state index contributed by atoms with van der Waals surface area (Å²) >= 11 is 0. The summed E-state index contributed by atoms with van der Waals surface area (Å²) < 4.78 is 31.8. The van der Waals surface area contributed by atoms with Gasteiger partial charge in [-0.25, -0.2) is 8.42 Å². The number of amides is 2. The molecule has 180 valence electrons. The summed E-state index contributed by atoms with van der Waals surface area (Å²) in [5.74, 6) is -0.480. The highest BCUT2D eigenvalue weighted by atomic mass is 32.2. The van der Waals surface area contributed by atoms with Crippen molar-refractivity contribution in [3.8, 4) is 5.75 Å². The van der Waals surface area contributed by atoms with E-state index in [4.69, 9.17) is 4.74 Å². The Morgan fingerprint density at radius 2 is 1.70 bits per heavy atom. The summed E-state index contributed by atoms with van der Waals surface area (Å²) in [4.78, 5) is 27.6. The highest BCUT2D eigenvalue weighted by Gasteiger charge is 2.31. The van der Waals surface area contributed by atoms with E-state index < -0.39 is 28.5 Å². The Morgan fingerprint density at radius 3 is 2.24 bits per heavy atom. The molecule has 0 bridgehead atoms. The molecule has 8 nitrogen and oxygen atoms in total. The number of carbonyl (C=O) groups is 2. The molecular weight excluding hydrogens is 442 g/mol. The third kappa shape index (κ3) is 7.21. The molecule has 0 saturated carbocycles. The first-order valence-electron chi connectivity index (χ1n) is 10.7. The fourth-order valence-electron chi connectivity index (χ4n) is 3.36. The van der Waals surface area contributed by atoms with E-state index in [0.29, 0.717) is 5.75 Å². The van der Waals surface area contributed by atoms with Gasteiger partial charge in [0.25, 0.3) is 0 Å². The Labute approximate surface area is 196 Å². The van der Waals surface area contributed by atoms with E-state index in [1.165, 1.54) is 12.0 Å². The predicted octanol–water partition coefficient (Wildman–Crippen LogP) is 2.71. The van der Waals surface area contributed by atoms with Gasteiger partial charge in [-0.05, 0) is 51.0 Å². The van der Waals surface area contributed by atoms with Crippen molar-refractivity contribution in [1.82, 2.24) is 10.2 Å². The molecular formula is C24H33N3O5S. The smallest absolute Gasteiger partial charge is 0.244 e. The van der Waals surface area contributed by atoms with E-state index in [1.807, 2.05) is 51.1 Å². The van der Waals surface area contributed by atoms with E-state index >= 15 is 0 Å². The molecule has 0 unspecified atom stereocenters. The van der Waals surface area contributed by atoms with Crippen LogP contribution in [0.1, 0.15) is 31.9 Å². The van der Waals surface area contributed by atoms with Crippen LogP contribution in [-0.4, -0.2) is 57.1 Å². The van der Waals surface area contributed by atoms with Crippen molar-refractivity contribution in [3.63, 3.8) is 0 Å². The first-order chi connectivity index (χ1) is 15.4. The fraction of sp³-hybridized carbons (Fsp3) is 0.417. The Balaban J connectivity index is 2.44. The van der Waals surface area contributed by atoms with Crippen LogP contribution in [-0.2, 0) is 26.2 Å². The zero-order chi connectivity index (χ0) is 24.8. The van der Waals surface area contributed by atoms with Gasteiger partial charge in [-0.1, -0.05) is 36.4 Å². The van der Waals surface area contributed by atoms with Gasteiger partial charge < -0.3 is 15.0 Å². The van der Waals surface area contributed by atoms with Crippen molar-refractivity contribution in [2.75, 3.05) is 24.2 Å². The zero-order valence-corrected chi connectivity index (χ0v) is 20.8. The van der Waals surface area contributed by atoms with Gasteiger partial charge in [-0.15, -0.1) is 0 Å². The number of benzene rings is 2. The third-order valence-electron chi connectivity index (χ3n) is 5.08. The number of hydrogen-bond acceptors (Lipinski definition) is 5. The molecule has 1 atom stereocenters. The summed E-state index contributed by atoms with van der Waals surface area (Å²) in [5, 5.41) is 2.82. The number of ether oxygens (including phenoxy) is 1. The average molecular weight is 476 g/mol. The molecule has 0 aliphatic heterocycles. The minimum atomic E-state index is -3.83. The van der Waals surface area contributed by atoms with Gasteiger partial charge in [0.15, 0.2) is 0 Å². The lowest BCUT2D eigenvalue weighted by Crippen LogP contribution is -2.52. The van der Waals surface area contributed by atoms with Crippen LogP contribution in [0.3, 0.4) is 0 Å². The normalized spacial score (nSPS) is 12.2. The number of sulfonamides is 1. The van der Waals surface area contributed by atoms with Crippen LogP contribution in [0.25, 0.3) is 0 Å². The second kappa shape index (κ2) is 11.2. The highest BCUT2D eigenvalue weighted by molar-refractivity contribution is 7.92. The fourth-order valence-corrected chi connectivity index (χ4v) is 4.20. The Bertz CT molecular complexity index is 1070. The SMILES string of the molecule is COc1ccc(C)cc1N(CC(=O)N(Cc1ccccc1)[C@@H](C)C(=O)NC(C)C)S(C)(=O)=O. The van der Waals surface area contributed by atoms with Crippen LogP contribution in [0.5, 0.6) is 5.75 Å². The maximum Gasteiger partial charge on any atom is 0.244 e. The van der Waals surface area contributed by atoms with Gasteiger partial charge in [0.05, 0.1) is 19.1 Å². The molecule has 2 aromatic rings. The standard InChI is InChI=1S/C24H33N3O5S/c1-17(2)25-24(29)19(4)26(15-20-10-8-7-9-11-20)23(28)16-27(33(6,30)31)21-14-18(3)12-13-22(21)32-5/h7-14,17,19H,15-16H2,1-6H3,(H,25,29)/t19-/m0/s1. The molecule has 2 rings (SSSR count). The molecule has 0 radical (unpaired) electrons. The van der Waals surface area contributed by atoms with Gasteiger partial charge >= 0.3 is 0 Å². The van der Waals surface area contributed by atoms with Crippen molar-refractivity contribution < 1.29 is 22.7 Å². The van der Waals surface area contributed by atoms with E-state index in [1.54, 1.807) is 25.1 Å². The molecule has 1 N–H and O–H groups in total. The lowest BCUT2D eigenvalue weighted by Gasteiger charge is -2.32. The second-order valence-electron chi connectivity index (χ2n) is 8.29. The first kappa shape index (κ1) is 26.2. The molecule has 9 heteroatoms. The van der Waals surface area contributed by atoms with E-state index in [0.717, 1.165) is 21.7 Å². The lowest BCUT2D eigenvalue weighted by molar-refractivity contribution is -0.139. The van der Waals surface area contributed by atoms with Crippen LogP contribution in [0.15, 0.2) is 48.5 Å². The molecule has 0 aliphatic rings. The van der Waals surface area contributed by atoms with E-state index in [-0.39, 0.29) is 24.2 Å². The molecule has 0 aliphatic carbocycles. The van der Waals surface area contributed by atoms with Gasteiger partial charge in [-0.3, -0.25) is 13.9 Å². The van der Waals surface area contributed by atoms with E-state index in [2.05, 4.69) is 5.32 Å². The number of methoxy groups -OCH3 is 1. The van der Waals surface area contributed by atoms with E-state index in [9.17, 15) is 18.0 Å². The number of aryl methyl sites for hydroxylation is 1. The number of anilines is 1. The van der Waals surface area contributed by atoms with Crippen LogP contribution in [0, 0.1) is 6.92 Å². The summed E-state index contributed by atoms with van der Waals surface area (Å²) in [7, 11) is -2.39. The molecule has 33 heavy (non-hydrogen) atoms. The number of rotatable bonds is 10. The van der Waals surface area contributed by atoms with Crippen LogP contribution < -0.4 is 14.4 Å². The highest BCUT2D eigenvalue weighted by Crippen LogP contribution is 2.31. The van der Waals surface area contributed by atoms with Crippen LogP contribution in [0.2, 0.25) is 0 Å². The van der Waals surface area contributed by atoms with Gasteiger partial charge in [0, 0.05) is 12.6 Å². The van der Waals surface area contributed by atoms with Gasteiger partial charge in [-0.2, -0.15) is 0 Å². The number of nitrogens with zero attached hydrogens (tertiary/aromatic N) is 2. The molecule has 0 spiro atoms. The number of hydrogen-bond donors (Lipinski definition) is 1. The number of carbonyl (C=O) groups excluding carboxylic acids is 2. The molecule has 0 saturated heterocycles. The van der Waals surface area contributed by atoms with Crippen LogP contribution >= 0.6 is 0 Å². The predicted molar refractivity (Wildman–Crippen MR) is 130 cm³/mol. The maximum atomic E-state index is 13.5. The minimum absolute atomic E-state index is 0.0994. The molecule has 0 fully saturated rings. The first-order valence-corrected chi connectivity index (χ1v) is 12.5. The lowest BCUT2D eigenvalue weighted by atomic mass is 10.1. The van der Waals surface area contributed by atoms with Crippen molar-refractivity contribution in [2.24, 2.45) is 0 Å². The quantitative estimate of drug-likeness (QED) is 0.570.